The first-order chi connectivity index (χ1) is 13.7. The van der Waals surface area contributed by atoms with Gasteiger partial charge in [-0.15, -0.1) is 24.0 Å². The summed E-state index contributed by atoms with van der Waals surface area (Å²) < 4.78 is 16.4. The summed E-state index contributed by atoms with van der Waals surface area (Å²) in [5.74, 6) is 1.42. The lowest BCUT2D eigenvalue weighted by molar-refractivity contribution is -0.119. The second kappa shape index (κ2) is 15.3. The smallest absolute Gasteiger partial charge is 0.255 e. The number of amides is 1. The van der Waals surface area contributed by atoms with Crippen molar-refractivity contribution in [2.45, 2.75) is 26.3 Å². The zero-order valence-corrected chi connectivity index (χ0v) is 19.4. The van der Waals surface area contributed by atoms with Crippen LogP contribution in [0.5, 0.6) is 5.75 Å². The summed E-state index contributed by atoms with van der Waals surface area (Å²) >= 11 is 0. The molecular weight excluding hydrogens is 487 g/mol. The molecule has 0 saturated carbocycles. The molecule has 1 heterocycles. The van der Waals surface area contributed by atoms with E-state index in [2.05, 4.69) is 15.6 Å². The van der Waals surface area contributed by atoms with Gasteiger partial charge in [-0.3, -0.25) is 4.79 Å². The van der Waals surface area contributed by atoms with E-state index >= 15 is 0 Å². The number of primary amides is 1. The van der Waals surface area contributed by atoms with Gasteiger partial charge < -0.3 is 30.6 Å². The fourth-order valence-electron chi connectivity index (χ4n) is 2.75. The van der Waals surface area contributed by atoms with Crippen molar-refractivity contribution >= 4 is 35.8 Å². The van der Waals surface area contributed by atoms with Crippen LogP contribution in [0.1, 0.15) is 25.3 Å². The lowest BCUT2D eigenvalue weighted by Crippen LogP contribution is -2.38. The molecule has 0 bridgehead atoms. The Balaban J connectivity index is 0.00000420. The number of guanidine groups is 1. The highest BCUT2D eigenvalue weighted by molar-refractivity contribution is 14.0. The number of rotatable bonds is 12. The lowest BCUT2D eigenvalue weighted by Gasteiger charge is -2.12. The Morgan fingerprint density at radius 3 is 2.97 bits per heavy atom. The molecular formula is C20H33IN4O4. The number of ether oxygens (including phenoxy) is 3. The third-order valence-corrected chi connectivity index (χ3v) is 4.18. The van der Waals surface area contributed by atoms with Crippen molar-refractivity contribution in [1.82, 2.24) is 10.6 Å². The summed E-state index contributed by atoms with van der Waals surface area (Å²) in [6, 6.07) is 7.48. The highest BCUT2D eigenvalue weighted by Gasteiger charge is 2.15. The van der Waals surface area contributed by atoms with Crippen molar-refractivity contribution in [2.24, 2.45) is 16.6 Å². The molecule has 2 rings (SSSR count). The number of nitrogens with two attached hydrogens (primary N) is 1. The number of hydrogen-bond donors (Lipinski definition) is 3. The number of nitrogens with one attached hydrogen (secondary N) is 2. The molecule has 1 saturated heterocycles. The number of halogens is 1. The first-order valence-corrected chi connectivity index (χ1v) is 9.85. The summed E-state index contributed by atoms with van der Waals surface area (Å²) in [6.07, 6.45) is 2.01. The molecule has 1 atom stereocenters. The molecule has 1 aliphatic rings. The first-order valence-electron chi connectivity index (χ1n) is 9.85. The van der Waals surface area contributed by atoms with Gasteiger partial charge in [0.1, 0.15) is 5.75 Å². The zero-order chi connectivity index (χ0) is 20.0. The third-order valence-electron chi connectivity index (χ3n) is 4.18. The minimum atomic E-state index is -0.498. The summed E-state index contributed by atoms with van der Waals surface area (Å²) in [5.41, 5.74) is 6.09. The molecule has 8 nitrogen and oxygen atoms in total. The average Bonchev–Trinajstić information content (AvgIpc) is 3.21. The van der Waals surface area contributed by atoms with Gasteiger partial charge in [0.05, 0.1) is 19.8 Å². The van der Waals surface area contributed by atoms with Gasteiger partial charge in [-0.05, 0) is 37.5 Å². The molecule has 0 aromatic heterocycles. The lowest BCUT2D eigenvalue weighted by atomic mass is 10.1. The van der Waals surface area contributed by atoms with Gasteiger partial charge in [0.2, 0.25) is 0 Å². The highest BCUT2D eigenvalue weighted by Crippen LogP contribution is 2.14. The second-order valence-electron chi connectivity index (χ2n) is 6.68. The molecule has 1 amide bonds. The Labute approximate surface area is 190 Å². The summed E-state index contributed by atoms with van der Waals surface area (Å²) in [7, 11) is 0. The molecule has 164 valence electrons. The predicted molar refractivity (Wildman–Crippen MR) is 124 cm³/mol. The number of benzene rings is 1. The van der Waals surface area contributed by atoms with Crippen molar-refractivity contribution in [2.75, 3.05) is 46.1 Å². The topological polar surface area (TPSA) is 107 Å². The van der Waals surface area contributed by atoms with Gasteiger partial charge in [0.15, 0.2) is 12.6 Å². The minimum absolute atomic E-state index is 0. The van der Waals surface area contributed by atoms with Gasteiger partial charge in [-0.2, -0.15) is 0 Å². The van der Waals surface area contributed by atoms with E-state index in [0.29, 0.717) is 18.2 Å². The third kappa shape index (κ3) is 11.2. The Morgan fingerprint density at radius 1 is 1.38 bits per heavy atom. The van der Waals surface area contributed by atoms with Crippen LogP contribution in [-0.4, -0.2) is 58.0 Å². The molecule has 1 unspecified atom stereocenters. The van der Waals surface area contributed by atoms with Crippen LogP contribution in [0, 0.1) is 5.92 Å². The molecule has 9 heteroatoms. The summed E-state index contributed by atoms with van der Waals surface area (Å²) in [4.78, 5) is 15.4. The van der Waals surface area contributed by atoms with Gasteiger partial charge in [-0.25, -0.2) is 4.99 Å². The van der Waals surface area contributed by atoms with Crippen molar-refractivity contribution in [3.63, 3.8) is 0 Å². The number of carbonyl (C=O) groups excluding carboxylic acids is 1. The van der Waals surface area contributed by atoms with E-state index in [1.807, 2.05) is 25.1 Å². The fraction of sp³-hybridized carbons (Fsp3) is 0.600. The van der Waals surface area contributed by atoms with E-state index < -0.39 is 5.91 Å². The van der Waals surface area contributed by atoms with E-state index in [4.69, 9.17) is 19.9 Å². The van der Waals surface area contributed by atoms with Gasteiger partial charge in [0.25, 0.3) is 5.91 Å². The van der Waals surface area contributed by atoms with E-state index in [1.165, 1.54) is 0 Å². The van der Waals surface area contributed by atoms with E-state index in [-0.39, 0.29) is 30.6 Å². The van der Waals surface area contributed by atoms with Crippen LogP contribution < -0.4 is 21.1 Å². The van der Waals surface area contributed by atoms with Crippen molar-refractivity contribution in [3.05, 3.63) is 29.8 Å². The fourth-order valence-corrected chi connectivity index (χ4v) is 2.75. The van der Waals surface area contributed by atoms with Crippen LogP contribution in [0.4, 0.5) is 0 Å². The van der Waals surface area contributed by atoms with Crippen molar-refractivity contribution in [1.29, 1.82) is 0 Å². The Morgan fingerprint density at radius 2 is 2.24 bits per heavy atom. The van der Waals surface area contributed by atoms with Gasteiger partial charge in [0, 0.05) is 32.2 Å². The summed E-state index contributed by atoms with van der Waals surface area (Å²) in [5, 5.41) is 6.55. The van der Waals surface area contributed by atoms with Crippen LogP contribution in [0.2, 0.25) is 0 Å². The Kier molecular flexibility index (Phi) is 13.4. The number of nitrogens with zero attached hydrogens (tertiary/aromatic N) is 1. The highest BCUT2D eigenvalue weighted by atomic mass is 127. The van der Waals surface area contributed by atoms with Gasteiger partial charge >= 0.3 is 0 Å². The quantitative estimate of drug-likeness (QED) is 0.168. The van der Waals surface area contributed by atoms with Crippen molar-refractivity contribution in [3.8, 4) is 5.75 Å². The molecule has 1 aromatic carbocycles. The van der Waals surface area contributed by atoms with Crippen molar-refractivity contribution < 1.29 is 19.0 Å². The van der Waals surface area contributed by atoms with Crippen LogP contribution in [0.25, 0.3) is 0 Å². The largest absolute Gasteiger partial charge is 0.484 e. The first kappa shape index (κ1) is 25.4. The Bertz CT molecular complexity index is 624. The Hall–Kier alpha value is -1.59. The maximum atomic E-state index is 10.8. The van der Waals surface area contributed by atoms with Crippen LogP contribution in [-0.2, 0) is 20.8 Å². The maximum Gasteiger partial charge on any atom is 0.255 e. The number of carbonyl (C=O) groups is 1. The average molecular weight is 520 g/mol. The maximum absolute atomic E-state index is 10.8. The van der Waals surface area contributed by atoms with Crippen LogP contribution in [0.3, 0.4) is 0 Å². The molecule has 0 aliphatic carbocycles. The minimum Gasteiger partial charge on any atom is -0.484 e. The zero-order valence-electron chi connectivity index (χ0n) is 17.0. The molecule has 1 aromatic rings. The van der Waals surface area contributed by atoms with E-state index in [0.717, 1.165) is 63.9 Å². The standard InChI is InChI=1S/C20H32N4O4.HI/c1-2-22-20(23-8-4-9-26-13-17-7-10-27-14-17)24-12-16-5-3-6-18(11-16)28-15-19(21)25;/h3,5-6,11,17H,2,4,7-10,12-15H2,1H3,(H2,21,25)(H2,22,23,24);1H. The SMILES string of the molecule is CCNC(=NCc1cccc(OCC(N)=O)c1)NCCCOCC1CCOC1.I. The number of hydrogen-bond acceptors (Lipinski definition) is 5. The van der Waals surface area contributed by atoms with Crippen LogP contribution >= 0.6 is 24.0 Å². The van der Waals surface area contributed by atoms with Crippen LogP contribution in [0.15, 0.2) is 29.3 Å². The number of aliphatic imine (C=N–C) groups is 1. The second-order valence-corrected chi connectivity index (χ2v) is 6.68. The normalized spacial score (nSPS) is 16.2. The molecule has 0 spiro atoms. The molecule has 1 fully saturated rings. The molecule has 1 aliphatic heterocycles. The predicted octanol–water partition coefficient (Wildman–Crippen LogP) is 1.67. The monoisotopic (exact) mass is 520 g/mol. The molecule has 29 heavy (non-hydrogen) atoms. The van der Waals surface area contributed by atoms with E-state index in [9.17, 15) is 4.79 Å². The van der Waals surface area contributed by atoms with E-state index in [1.54, 1.807) is 6.07 Å². The molecule has 4 N–H and O–H groups in total. The molecule has 0 radical (unpaired) electrons. The van der Waals surface area contributed by atoms with Gasteiger partial charge in [-0.1, -0.05) is 12.1 Å². The summed E-state index contributed by atoms with van der Waals surface area (Å²) in [6.45, 7) is 7.16.